The molecule has 0 saturated carbocycles. The summed E-state index contributed by atoms with van der Waals surface area (Å²) in [7, 11) is 0. The van der Waals surface area contributed by atoms with Crippen LogP contribution in [-0.2, 0) is 28.6 Å². The van der Waals surface area contributed by atoms with Crippen molar-refractivity contribution in [2.45, 2.75) is 316 Å². The Morgan fingerprint density at radius 1 is 0.292 bits per heavy atom. The molecule has 0 aromatic heterocycles. The smallest absolute Gasteiger partial charge is 0.306 e. The van der Waals surface area contributed by atoms with Gasteiger partial charge >= 0.3 is 17.9 Å². The van der Waals surface area contributed by atoms with E-state index in [1.165, 1.54) is 167 Å². The number of hydrogen-bond donors (Lipinski definition) is 0. The van der Waals surface area contributed by atoms with Crippen LogP contribution >= 0.6 is 0 Å². The Kier molecular flexibility index (Phi) is 57.8. The molecule has 0 rings (SSSR count). The third kappa shape index (κ3) is 57.7. The first-order chi connectivity index (χ1) is 35.5. The van der Waals surface area contributed by atoms with Crippen molar-refractivity contribution < 1.29 is 28.6 Å². The van der Waals surface area contributed by atoms with E-state index in [1.807, 2.05) is 0 Å². The molecule has 1 unspecified atom stereocenters. The summed E-state index contributed by atoms with van der Waals surface area (Å²) < 4.78 is 16.9. The minimum Gasteiger partial charge on any atom is -0.462 e. The van der Waals surface area contributed by atoms with Crippen LogP contribution < -0.4 is 0 Å². The van der Waals surface area contributed by atoms with E-state index in [0.29, 0.717) is 19.3 Å². The standard InChI is InChI=1S/C66H116O6/c1-4-7-10-13-16-19-22-25-28-31-32-33-34-36-38-41-44-47-50-53-56-59-65(68)71-62-63(61-70-64(67)58-55-52-49-46-43-40-37-30-27-24-21-18-15-12-9-6-3)72-66(69)60-57-54-51-48-45-42-39-35-29-26-23-20-17-14-11-8-5-2/h8,11,17,20,22,25-26,29,31-32,39,42,63H,4-7,9-10,12-16,18-19,21,23-24,27-28,30,33-38,40-41,43-62H2,1-3H3/b11-8-,20-17-,25-22-,29-26-,32-31-,42-39-. The van der Waals surface area contributed by atoms with E-state index in [1.54, 1.807) is 0 Å². The van der Waals surface area contributed by atoms with Crippen molar-refractivity contribution in [3.63, 3.8) is 0 Å². The number of carbonyl (C=O) groups is 3. The van der Waals surface area contributed by atoms with Gasteiger partial charge in [-0.3, -0.25) is 14.4 Å². The molecule has 0 aliphatic carbocycles. The molecule has 6 nitrogen and oxygen atoms in total. The molecule has 1 atom stereocenters. The third-order valence-corrected chi connectivity index (χ3v) is 13.4. The Morgan fingerprint density at radius 3 is 0.847 bits per heavy atom. The fourth-order valence-corrected chi connectivity index (χ4v) is 8.82. The predicted molar refractivity (Wildman–Crippen MR) is 311 cm³/mol. The summed E-state index contributed by atoms with van der Waals surface area (Å²) in [6.45, 7) is 6.53. The lowest BCUT2D eigenvalue weighted by atomic mass is 10.0. The van der Waals surface area contributed by atoms with E-state index < -0.39 is 6.10 Å². The van der Waals surface area contributed by atoms with Crippen LogP contribution in [0.2, 0.25) is 0 Å². The van der Waals surface area contributed by atoms with Crippen LogP contribution in [0.4, 0.5) is 0 Å². The molecule has 0 amide bonds. The average Bonchev–Trinajstić information content (AvgIpc) is 3.38. The summed E-state index contributed by atoms with van der Waals surface area (Å²) in [5, 5.41) is 0. The molecule has 0 aromatic carbocycles. The molecule has 0 spiro atoms. The van der Waals surface area contributed by atoms with Crippen LogP contribution in [-0.4, -0.2) is 37.2 Å². The van der Waals surface area contributed by atoms with Gasteiger partial charge in [0, 0.05) is 19.3 Å². The van der Waals surface area contributed by atoms with Gasteiger partial charge in [-0.15, -0.1) is 0 Å². The lowest BCUT2D eigenvalue weighted by molar-refractivity contribution is -0.167. The lowest BCUT2D eigenvalue weighted by Crippen LogP contribution is -2.30. The van der Waals surface area contributed by atoms with E-state index in [2.05, 4.69) is 93.7 Å². The molecular formula is C66H116O6. The van der Waals surface area contributed by atoms with Crippen molar-refractivity contribution in [2.24, 2.45) is 0 Å². The average molecular weight is 1010 g/mol. The minimum atomic E-state index is -0.790. The second-order valence-electron chi connectivity index (χ2n) is 20.6. The van der Waals surface area contributed by atoms with Gasteiger partial charge in [-0.05, 0) is 89.9 Å². The van der Waals surface area contributed by atoms with E-state index >= 15 is 0 Å². The van der Waals surface area contributed by atoms with Crippen LogP contribution in [0.25, 0.3) is 0 Å². The summed E-state index contributed by atoms with van der Waals surface area (Å²) in [5.74, 6) is -0.898. The van der Waals surface area contributed by atoms with Crippen molar-refractivity contribution in [3.8, 4) is 0 Å². The first-order valence-electron chi connectivity index (χ1n) is 30.9. The second-order valence-corrected chi connectivity index (χ2v) is 20.6. The maximum absolute atomic E-state index is 12.9. The highest BCUT2D eigenvalue weighted by Crippen LogP contribution is 2.16. The Labute approximate surface area is 446 Å². The highest BCUT2D eigenvalue weighted by atomic mass is 16.6. The van der Waals surface area contributed by atoms with E-state index in [4.69, 9.17) is 14.2 Å². The van der Waals surface area contributed by atoms with E-state index in [9.17, 15) is 14.4 Å². The Balaban J connectivity index is 4.39. The number of esters is 3. The van der Waals surface area contributed by atoms with Crippen LogP contribution in [0.15, 0.2) is 72.9 Å². The topological polar surface area (TPSA) is 78.9 Å². The fraction of sp³-hybridized carbons (Fsp3) is 0.773. The zero-order chi connectivity index (χ0) is 52.2. The largest absolute Gasteiger partial charge is 0.462 e. The highest BCUT2D eigenvalue weighted by Gasteiger charge is 2.19. The van der Waals surface area contributed by atoms with Crippen LogP contribution in [0.5, 0.6) is 0 Å². The molecule has 0 aliphatic rings. The quantitative estimate of drug-likeness (QED) is 0.0261. The molecule has 0 N–H and O–H groups in total. The molecule has 0 aliphatic heterocycles. The van der Waals surface area contributed by atoms with Gasteiger partial charge in [-0.2, -0.15) is 0 Å². The van der Waals surface area contributed by atoms with Gasteiger partial charge in [0.2, 0.25) is 0 Å². The maximum atomic E-state index is 12.9. The monoisotopic (exact) mass is 1000 g/mol. The molecule has 72 heavy (non-hydrogen) atoms. The Hall–Kier alpha value is -3.15. The van der Waals surface area contributed by atoms with Crippen LogP contribution in [0.3, 0.4) is 0 Å². The molecule has 0 saturated heterocycles. The summed E-state index contributed by atoms with van der Waals surface area (Å²) in [5.41, 5.74) is 0. The molecule has 0 radical (unpaired) electrons. The second kappa shape index (κ2) is 60.4. The van der Waals surface area contributed by atoms with E-state index in [0.717, 1.165) is 103 Å². The summed E-state index contributed by atoms with van der Waals surface area (Å²) in [4.78, 5) is 38.3. The molecular weight excluding hydrogens is 889 g/mol. The van der Waals surface area contributed by atoms with E-state index in [-0.39, 0.29) is 31.1 Å². The number of unbranched alkanes of at least 4 members (excludes halogenated alkanes) is 33. The van der Waals surface area contributed by atoms with Crippen LogP contribution in [0, 0.1) is 0 Å². The maximum Gasteiger partial charge on any atom is 0.306 e. The number of ether oxygens (including phenoxy) is 3. The minimum absolute atomic E-state index is 0.0841. The fourth-order valence-electron chi connectivity index (χ4n) is 8.82. The SMILES string of the molecule is CC/C=C\C/C=C\C/C=C\C/C=C\CCCCCCC(=O)OC(COC(=O)CCCCCCCCCCC/C=C\C/C=C\CCCCCCC)COC(=O)CCCCCCCCCCCCCCCCCC. The number of hydrogen-bond acceptors (Lipinski definition) is 6. The van der Waals surface area contributed by atoms with Crippen molar-refractivity contribution in [1.29, 1.82) is 0 Å². The van der Waals surface area contributed by atoms with Crippen molar-refractivity contribution in [1.82, 2.24) is 0 Å². The van der Waals surface area contributed by atoms with Gasteiger partial charge in [0.1, 0.15) is 13.2 Å². The lowest BCUT2D eigenvalue weighted by Gasteiger charge is -2.18. The molecule has 416 valence electrons. The van der Waals surface area contributed by atoms with Gasteiger partial charge < -0.3 is 14.2 Å². The van der Waals surface area contributed by atoms with Gasteiger partial charge in [0.05, 0.1) is 0 Å². The zero-order valence-corrected chi connectivity index (χ0v) is 47.7. The predicted octanol–water partition coefficient (Wildman–Crippen LogP) is 20.9. The highest BCUT2D eigenvalue weighted by molar-refractivity contribution is 5.71. The Bertz CT molecular complexity index is 1340. The first-order valence-corrected chi connectivity index (χ1v) is 30.9. The van der Waals surface area contributed by atoms with Crippen molar-refractivity contribution >= 4 is 17.9 Å². The molecule has 0 heterocycles. The zero-order valence-electron chi connectivity index (χ0n) is 47.7. The summed E-state index contributed by atoms with van der Waals surface area (Å²) in [6, 6.07) is 0. The summed E-state index contributed by atoms with van der Waals surface area (Å²) >= 11 is 0. The van der Waals surface area contributed by atoms with Crippen LogP contribution in [0.1, 0.15) is 310 Å². The van der Waals surface area contributed by atoms with Gasteiger partial charge in [-0.1, -0.05) is 273 Å². The molecule has 0 aromatic rings. The van der Waals surface area contributed by atoms with Crippen molar-refractivity contribution in [3.05, 3.63) is 72.9 Å². The number of carbonyl (C=O) groups excluding carboxylic acids is 3. The molecule has 6 heteroatoms. The third-order valence-electron chi connectivity index (χ3n) is 13.4. The molecule has 0 bridgehead atoms. The van der Waals surface area contributed by atoms with Gasteiger partial charge in [0.25, 0.3) is 0 Å². The number of allylic oxidation sites excluding steroid dienone is 12. The summed E-state index contributed by atoms with van der Waals surface area (Å²) in [6.07, 6.45) is 77.5. The number of rotatable bonds is 56. The molecule has 0 fully saturated rings. The normalized spacial score (nSPS) is 12.5. The van der Waals surface area contributed by atoms with Crippen molar-refractivity contribution in [2.75, 3.05) is 13.2 Å². The van der Waals surface area contributed by atoms with Gasteiger partial charge in [0.15, 0.2) is 6.10 Å². The van der Waals surface area contributed by atoms with Gasteiger partial charge in [-0.25, -0.2) is 0 Å². The first kappa shape index (κ1) is 68.8. The Morgan fingerprint density at radius 2 is 0.542 bits per heavy atom.